The smallest absolute Gasteiger partial charge is 0.105 e. The molecule has 2 aromatic rings. The molecule has 2 atom stereocenters. The molecule has 3 rings (SSSR count). The van der Waals surface area contributed by atoms with Crippen LogP contribution >= 0.6 is 11.3 Å². The van der Waals surface area contributed by atoms with Crippen LogP contribution in [0.3, 0.4) is 0 Å². The Kier molecular flexibility index (Phi) is 4.04. The molecule has 3 heteroatoms. The van der Waals surface area contributed by atoms with Crippen LogP contribution in [0.15, 0.2) is 34.3 Å². The first kappa shape index (κ1) is 12.9. The summed E-state index contributed by atoms with van der Waals surface area (Å²) in [6.45, 7) is 3.20. The molecule has 0 amide bonds. The van der Waals surface area contributed by atoms with Crippen LogP contribution < -0.4 is 5.32 Å². The maximum atomic E-state index is 5.53. The van der Waals surface area contributed by atoms with Gasteiger partial charge in [0.25, 0.3) is 0 Å². The molecule has 0 aliphatic heterocycles. The van der Waals surface area contributed by atoms with Crippen LogP contribution in [0.25, 0.3) is 0 Å². The first-order valence-electron chi connectivity index (χ1n) is 7.20. The Labute approximate surface area is 118 Å². The number of furan rings is 1. The number of fused-ring (bicyclic) bond motifs is 1. The van der Waals surface area contributed by atoms with Gasteiger partial charge in [0.05, 0.1) is 6.26 Å². The van der Waals surface area contributed by atoms with Crippen LogP contribution in [0.4, 0.5) is 0 Å². The van der Waals surface area contributed by atoms with E-state index in [4.69, 9.17) is 4.42 Å². The molecule has 0 spiro atoms. The molecule has 2 nitrogen and oxygen atoms in total. The van der Waals surface area contributed by atoms with Crippen molar-refractivity contribution in [1.29, 1.82) is 0 Å². The molecule has 1 N–H and O–H groups in total. The Morgan fingerprint density at radius 2 is 2.42 bits per heavy atom. The SMILES string of the molecule is CCNC(Cc1ccco1)C1CCCc2sccc21. The molecule has 0 radical (unpaired) electrons. The van der Waals surface area contributed by atoms with E-state index in [1.165, 1.54) is 19.3 Å². The predicted molar refractivity (Wildman–Crippen MR) is 79.9 cm³/mol. The number of hydrogen-bond donors (Lipinski definition) is 1. The minimum absolute atomic E-state index is 0.491. The van der Waals surface area contributed by atoms with Crippen LogP contribution in [0.1, 0.15) is 41.9 Å². The molecule has 19 heavy (non-hydrogen) atoms. The molecule has 1 aliphatic rings. The van der Waals surface area contributed by atoms with Crippen molar-refractivity contribution in [3.8, 4) is 0 Å². The molecule has 2 unspecified atom stereocenters. The number of thiophene rings is 1. The molecule has 0 aromatic carbocycles. The zero-order chi connectivity index (χ0) is 13.1. The first-order chi connectivity index (χ1) is 9.38. The van der Waals surface area contributed by atoms with Gasteiger partial charge in [-0.25, -0.2) is 0 Å². The average molecular weight is 275 g/mol. The molecule has 0 fully saturated rings. The van der Waals surface area contributed by atoms with Gasteiger partial charge in [0.1, 0.15) is 5.76 Å². The van der Waals surface area contributed by atoms with Crippen LogP contribution in [0, 0.1) is 0 Å². The average Bonchev–Trinajstić information content (AvgIpc) is 3.08. The zero-order valence-electron chi connectivity index (χ0n) is 11.4. The quantitative estimate of drug-likeness (QED) is 0.893. The lowest BCUT2D eigenvalue weighted by atomic mass is 9.81. The lowest BCUT2D eigenvalue weighted by molar-refractivity contribution is 0.371. The van der Waals surface area contributed by atoms with E-state index < -0.39 is 0 Å². The lowest BCUT2D eigenvalue weighted by Crippen LogP contribution is -2.37. The first-order valence-corrected chi connectivity index (χ1v) is 8.08. The highest BCUT2D eigenvalue weighted by atomic mass is 32.1. The van der Waals surface area contributed by atoms with Crippen molar-refractivity contribution in [2.75, 3.05) is 6.54 Å². The fourth-order valence-corrected chi connectivity index (χ4v) is 4.20. The molecule has 0 saturated carbocycles. The Morgan fingerprint density at radius 3 is 3.21 bits per heavy atom. The highest BCUT2D eigenvalue weighted by molar-refractivity contribution is 7.10. The minimum atomic E-state index is 0.491. The van der Waals surface area contributed by atoms with Crippen molar-refractivity contribution in [3.63, 3.8) is 0 Å². The Bertz CT molecular complexity index is 503. The van der Waals surface area contributed by atoms with Gasteiger partial charge >= 0.3 is 0 Å². The summed E-state index contributed by atoms with van der Waals surface area (Å²) in [5.74, 6) is 1.73. The second-order valence-corrected chi connectivity index (χ2v) is 6.25. The highest BCUT2D eigenvalue weighted by Crippen LogP contribution is 2.37. The van der Waals surface area contributed by atoms with Crippen LogP contribution in [0.5, 0.6) is 0 Å². The van der Waals surface area contributed by atoms with Gasteiger partial charge in [-0.1, -0.05) is 6.92 Å². The van der Waals surface area contributed by atoms with Crippen molar-refractivity contribution in [2.24, 2.45) is 0 Å². The molecule has 2 aromatic heterocycles. The molecule has 0 saturated heterocycles. The van der Waals surface area contributed by atoms with Gasteiger partial charge in [-0.05, 0) is 54.9 Å². The predicted octanol–water partition coefficient (Wildman–Crippen LogP) is 3.98. The number of likely N-dealkylation sites (N-methyl/N-ethyl adjacent to an activating group) is 1. The van der Waals surface area contributed by atoms with E-state index in [1.807, 2.05) is 17.4 Å². The van der Waals surface area contributed by atoms with Gasteiger partial charge in [-0.2, -0.15) is 0 Å². The largest absolute Gasteiger partial charge is 0.469 e. The molecule has 102 valence electrons. The Hall–Kier alpha value is -1.06. The topological polar surface area (TPSA) is 25.2 Å². The van der Waals surface area contributed by atoms with E-state index in [0.29, 0.717) is 12.0 Å². The molecular weight excluding hydrogens is 254 g/mol. The normalized spacial score (nSPS) is 20.2. The monoisotopic (exact) mass is 275 g/mol. The summed E-state index contributed by atoms with van der Waals surface area (Å²) in [6, 6.07) is 6.89. The van der Waals surface area contributed by atoms with E-state index in [0.717, 1.165) is 18.7 Å². The number of aryl methyl sites for hydroxylation is 1. The lowest BCUT2D eigenvalue weighted by Gasteiger charge is -2.31. The summed E-state index contributed by atoms with van der Waals surface area (Å²) >= 11 is 1.92. The van der Waals surface area contributed by atoms with E-state index in [-0.39, 0.29) is 0 Å². The van der Waals surface area contributed by atoms with Crippen LogP contribution in [-0.2, 0) is 12.8 Å². The second kappa shape index (κ2) is 5.93. The molecule has 2 heterocycles. The maximum absolute atomic E-state index is 5.53. The van der Waals surface area contributed by atoms with E-state index in [9.17, 15) is 0 Å². The van der Waals surface area contributed by atoms with Crippen LogP contribution in [-0.4, -0.2) is 12.6 Å². The van der Waals surface area contributed by atoms with Gasteiger partial charge < -0.3 is 9.73 Å². The standard InChI is InChI=1S/C16H21NOS/c1-2-17-15(11-12-5-4-9-18-12)13-6-3-7-16-14(13)8-10-19-16/h4-5,8-10,13,15,17H,2-3,6-7,11H2,1H3. The van der Waals surface area contributed by atoms with Gasteiger partial charge in [0.15, 0.2) is 0 Å². The minimum Gasteiger partial charge on any atom is -0.469 e. The van der Waals surface area contributed by atoms with Crippen LogP contribution in [0.2, 0.25) is 0 Å². The zero-order valence-corrected chi connectivity index (χ0v) is 12.2. The number of rotatable bonds is 5. The highest BCUT2D eigenvalue weighted by Gasteiger charge is 2.28. The van der Waals surface area contributed by atoms with Crippen molar-refractivity contribution >= 4 is 11.3 Å². The number of hydrogen-bond acceptors (Lipinski definition) is 3. The fourth-order valence-electron chi connectivity index (χ4n) is 3.20. The van der Waals surface area contributed by atoms with Crippen molar-refractivity contribution < 1.29 is 4.42 Å². The van der Waals surface area contributed by atoms with Gasteiger partial charge in [0.2, 0.25) is 0 Å². The van der Waals surface area contributed by atoms with Crippen molar-refractivity contribution in [3.05, 3.63) is 46.0 Å². The second-order valence-electron chi connectivity index (χ2n) is 5.25. The van der Waals surface area contributed by atoms with E-state index in [2.05, 4.69) is 29.8 Å². The third-order valence-electron chi connectivity index (χ3n) is 4.05. The maximum Gasteiger partial charge on any atom is 0.105 e. The Balaban J connectivity index is 1.81. The Morgan fingerprint density at radius 1 is 1.47 bits per heavy atom. The summed E-state index contributed by atoms with van der Waals surface area (Å²) in [4.78, 5) is 1.60. The summed E-state index contributed by atoms with van der Waals surface area (Å²) in [7, 11) is 0. The van der Waals surface area contributed by atoms with E-state index >= 15 is 0 Å². The summed E-state index contributed by atoms with van der Waals surface area (Å²) < 4.78 is 5.53. The van der Waals surface area contributed by atoms with Gasteiger partial charge in [-0.3, -0.25) is 0 Å². The fraction of sp³-hybridized carbons (Fsp3) is 0.500. The summed E-state index contributed by atoms with van der Waals surface area (Å²) in [6.07, 6.45) is 6.64. The van der Waals surface area contributed by atoms with E-state index in [1.54, 1.807) is 16.7 Å². The van der Waals surface area contributed by atoms with Crippen molar-refractivity contribution in [2.45, 2.75) is 44.6 Å². The van der Waals surface area contributed by atoms with Crippen molar-refractivity contribution in [1.82, 2.24) is 5.32 Å². The van der Waals surface area contributed by atoms with Gasteiger partial charge in [0, 0.05) is 23.3 Å². The molecular formula is C16H21NOS. The summed E-state index contributed by atoms with van der Waals surface area (Å²) in [5.41, 5.74) is 1.58. The third kappa shape index (κ3) is 2.77. The summed E-state index contributed by atoms with van der Waals surface area (Å²) in [5, 5.41) is 5.91. The molecule has 1 aliphatic carbocycles. The molecule has 0 bridgehead atoms. The number of nitrogens with one attached hydrogen (secondary N) is 1. The third-order valence-corrected chi connectivity index (χ3v) is 5.05. The van der Waals surface area contributed by atoms with Gasteiger partial charge in [-0.15, -0.1) is 11.3 Å².